The number of aromatic nitrogens is 6. The van der Waals surface area contributed by atoms with Gasteiger partial charge in [0.1, 0.15) is 12.7 Å². The molecule has 0 aromatic carbocycles. The predicted octanol–water partition coefficient (Wildman–Crippen LogP) is -0.0693. The van der Waals surface area contributed by atoms with Gasteiger partial charge in [0, 0.05) is 12.6 Å². The SMILES string of the molecule is CCN1CCCC(Nc2nc(N)nc(-n3cncn3)n2)C1. The number of nitrogens with one attached hydrogen (secondary N) is 1. The zero-order chi connectivity index (χ0) is 14.7. The topological polar surface area (TPSA) is 111 Å². The van der Waals surface area contributed by atoms with Crippen molar-refractivity contribution in [1.82, 2.24) is 34.6 Å². The molecule has 1 unspecified atom stereocenters. The average Bonchev–Trinajstić information content (AvgIpc) is 3.01. The number of hydrogen-bond donors (Lipinski definition) is 2. The smallest absolute Gasteiger partial charge is 0.258 e. The van der Waals surface area contributed by atoms with Crippen LogP contribution in [0.2, 0.25) is 0 Å². The highest BCUT2D eigenvalue weighted by atomic mass is 15.4. The Balaban J connectivity index is 1.76. The average molecular weight is 289 g/mol. The molecule has 3 rings (SSSR count). The van der Waals surface area contributed by atoms with E-state index in [-0.39, 0.29) is 5.95 Å². The van der Waals surface area contributed by atoms with Gasteiger partial charge in [-0.05, 0) is 25.9 Å². The standard InChI is InChI=1S/C12H19N9/c1-2-20-5-3-4-9(6-20)16-11-17-10(13)18-12(19-11)21-8-14-7-15-21/h7-9H,2-6H2,1H3,(H3,13,16,17,18,19). The monoisotopic (exact) mass is 289 g/mol. The van der Waals surface area contributed by atoms with E-state index in [1.165, 1.54) is 23.8 Å². The van der Waals surface area contributed by atoms with Crippen molar-refractivity contribution >= 4 is 11.9 Å². The Morgan fingerprint density at radius 1 is 1.38 bits per heavy atom. The Bertz CT molecular complexity index is 582. The second-order valence-electron chi connectivity index (χ2n) is 5.03. The molecule has 0 radical (unpaired) electrons. The van der Waals surface area contributed by atoms with Gasteiger partial charge in [0.05, 0.1) is 0 Å². The summed E-state index contributed by atoms with van der Waals surface area (Å²) in [6.07, 6.45) is 5.22. The fourth-order valence-corrected chi connectivity index (χ4v) is 2.50. The van der Waals surface area contributed by atoms with Crippen molar-refractivity contribution in [1.29, 1.82) is 0 Å². The van der Waals surface area contributed by atoms with Crippen LogP contribution in [0, 0.1) is 0 Å². The molecular weight excluding hydrogens is 270 g/mol. The number of anilines is 2. The van der Waals surface area contributed by atoms with Gasteiger partial charge in [-0.2, -0.15) is 24.7 Å². The molecule has 0 amide bonds. The lowest BCUT2D eigenvalue weighted by molar-refractivity contribution is 0.226. The first-order chi connectivity index (χ1) is 10.2. The molecule has 21 heavy (non-hydrogen) atoms. The summed E-state index contributed by atoms with van der Waals surface area (Å²) in [5.74, 6) is 1.02. The summed E-state index contributed by atoms with van der Waals surface area (Å²) < 4.78 is 1.46. The molecule has 0 saturated carbocycles. The normalized spacial score (nSPS) is 19.6. The Morgan fingerprint density at radius 3 is 3.05 bits per heavy atom. The summed E-state index contributed by atoms with van der Waals surface area (Å²) in [5.41, 5.74) is 5.75. The minimum Gasteiger partial charge on any atom is -0.368 e. The van der Waals surface area contributed by atoms with Crippen molar-refractivity contribution in [2.24, 2.45) is 0 Å². The fourth-order valence-electron chi connectivity index (χ4n) is 2.50. The molecule has 2 aromatic heterocycles. The van der Waals surface area contributed by atoms with Crippen LogP contribution in [0.25, 0.3) is 5.95 Å². The van der Waals surface area contributed by atoms with Crippen molar-refractivity contribution in [3.8, 4) is 5.95 Å². The van der Waals surface area contributed by atoms with Gasteiger partial charge < -0.3 is 16.0 Å². The first kappa shape index (κ1) is 13.7. The first-order valence-corrected chi connectivity index (χ1v) is 7.10. The van der Waals surface area contributed by atoms with E-state index in [0.29, 0.717) is 17.9 Å². The molecule has 0 aliphatic carbocycles. The maximum Gasteiger partial charge on any atom is 0.258 e. The molecule has 3 N–H and O–H groups in total. The van der Waals surface area contributed by atoms with Crippen LogP contribution in [0.4, 0.5) is 11.9 Å². The fraction of sp³-hybridized carbons (Fsp3) is 0.583. The minimum atomic E-state index is 0.168. The minimum absolute atomic E-state index is 0.168. The molecular formula is C12H19N9. The largest absolute Gasteiger partial charge is 0.368 e. The van der Waals surface area contributed by atoms with Crippen molar-refractivity contribution in [2.45, 2.75) is 25.8 Å². The summed E-state index contributed by atoms with van der Waals surface area (Å²) >= 11 is 0. The van der Waals surface area contributed by atoms with Crippen molar-refractivity contribution in [2.75, 3.05) is 30.7 Å². The van der Waals surface area contributed by atoms with Crippen molar-refractivity contribution in [3.05, 3.63) is 12.7 Å². The lowest BCUT2D eigenvalue weighted by atomic mass is 10.1. The highest BCUT2D eigenvalue weighted by Gasteiger charge is 2.19. The summed E-state index contributed by atoms with van der Waals surface area (Å²) in [7, 11) is 0. The van der Waals surface area contributed by atoms with Crippen LogP contribution in [-0.4, -0.2) is 60.3 Å². The molecule has 1 aliphatic rings. The summed E-state index contributed by atoms with van der Waals surface area (Å²) in [6.45, 7) is 5.37. The number of piperidine rings is 1. The van der Waals surface area contributed by atoms with Crippen LogP contribution < -0.4 is 11.1 Å². The molecule has 1 saturated heterocycles. The Morgan fingerprint density at radius 2 is 2.29 bits per heavy atom. The Labute approximate surface area is 122 Å². The zero-order valence-corrected chi connectivity index (χ0v) is 12.0. The van der Waals surface area contributed by atoms with Gasteiger partial charge in [0.25, 0.3) is 5.95 Å². The van der Waals surface area contributed by atoms with Crippen molar-refractivity contribution in [3.63, 3.8) is 0 Å². The van der Waals surface area contributed by atoms with Crippen LogP contribution in [0.5, 0.6) is 0 Å². The zero-order valence-electron chi connectivity index (χ0n) is 12.0. The van der Waals surface area contributed by atoms with E-state index in [4.69, 9.17) is 5.73 Å². The van der Waals surface area contributed by atoms with E-state index in [0.717, 1.165) is 26.1 Å². The van der Waals surface area contributed by atoms with E-state index < -0.39 is 0 Å². The molecule has 9 heteroatoms. The van der Waals surface area contributed by atoms with Gasteiger partial charge in [0.2, 0.25) is 11.9 Å². The highest BCUT2D eigenvalue weighted by molar-refractivity contribution is 5.35. The van der Waals surface area contributed by atoms with E-state index in [1.807, 2.05) is 0 Å². The Kier molecular flexibility index (Phi) is 3.91. The number of hydrogen-bond acceptors (Lipinski definition) is 8. The van der Waals surface area contributed by atoms with Crippen LogP contribution in [0.3, 0.4) is 0 Å². The third-order valence-corrected chi connectivity index (χ3v) is 3.55. The predicted molar refractivity (Wildman–Crippen MR) is 77.9 cm³/mol. The molecule has 1 atom stereocenters. The van der Waals surface area contributed by atoms with Gasteiger partial charge in [-0.25, -0.2) is 4.98 Å². The molecule has 1 aliphatic heterocycles. The van der Waals surface area contributed by atoms with E-state index in [9.17, 15) is 0 Å². The van der Waals surface area contributed by atoms with Crippen LogP contribution in [-0.2, 0) is 0 Å². The first-order valence-electron chi connectivity index (χ1n) is 7.10. The molecule has 1 fully saturated rings. The number of nitrogens with zero attached hydrogens (tertiary/aromatic N) is 7. The van der Waals surface area contributed by atoms with Gasteiger partial charge in [-0.1, -0.05) is 6.92 Å². The van der Waals surface area contributed by atoms with Crippen LogP contribution >= 0.6 is 0 Å². The second-order valence-corrected chi connectivity index (χ2v) is 5.03. The number of nitrogen functional groups attached to an aromatic ring is 1. The van der Waals surface area contributed by atoms with E-state index in [2.05, 4.69) is 42.2 Å². The lowest BCUT2D eigenvalue weighted by Gasteiger charge is -2.32. The van der Waals surface area contributed by atoms with Gasteiger partial charge in [0.15, 0.2) is 0 Å². The Hall–Kier alpha value is -2.29. The van der Waals surface area contributed by atoms with E-state index >= 15 is 0 Å². The third-order valence-electron chi connectivity index (χ3n) is 3.55. The molecule has 0 bridgehead atoms. The summed E-state index contributed by atoms with van der Waals surface area (Å²) in [6, 6.07) is 0.323. The summed E-state index contributed by atoms with van der Waals surface area (Å²) in [5, 5.41) is 7.34. The number of rotatable bonds is 4. The third kappa shape index (κ3) is 3.24. The second kappa shape index (κ2) is 6.00. The van der Waals surface area contributed by atoms with Gasteiger partial charge in [-0.3, -0.25) is 0 Å². The molecule has 0 spiro atoms. The highest BCUT2D eigenvalue weighted by Crippen LogP contribution is 2.14. The maximum absolute atomic E-state index is 5.75. The number of nitrogens with two attached hydrogens (primary N) is 1. The van der Waals surface area contributed by atoms with Gasteiger partial charge in [-0.15, -0.1) is 0 Å². The van der Waals surface area contributed by atoms with Crippen LogP contribution in [0.1, 0.15) is 19.8 Å². The van der Waals surface area contributed by atoms with Crippen LogP contribution in [0.15, 0.2) is 12.7 Å². The lowest BCUT2D eigenvalue weighted by Crippen LogP contribution is -2.42. The maximum atomic E-state index is 5.75. The quantitative estimate of drug-likeness (QED) is 0.804. The van der Waals surface area contributed by atoms with Crippen molar-refractivity contribution < 1.29 is 0 Å². The van der Waals surface area contributed by atoms with E-state index in [1.54, 1.807) is 0 Å². The molecule has 2 aromatic rings. The number of likely N-dealkylation sites (tertiary alicyclic amines) is 1. The molecule has 9 nitrogen and oxygen atoms in total. The summed E-state index contributed by atoms with van der Waals surface area (Å²) in [4.78, 5) is 18.9. The van der Waals surface area contributed by atoms with Gasteiger partial charge >= 0.3 is 0 Å². The molecule has 112 valence electrons. The molecule has 3 heterocycles. The number of likely N-dealkylation sites (N-methyl/N-ethyl adjacent to an activating group) is 1.